The molecule has 5 nitrogen and oxygen atoms in total. The number of rotatable bonds is 5. The number of nitrogens with zero attached hydrogens (tertiary/aromatic N) is 1. The zero-order valence-electron chi connectivity index (χ0n) is 10.6. The van der Waals surface area contributed by atoms with E-state index >= 15 is 0 Å². The van der Waals surface area contributed by atoms with Crippen LogP contribution >= 0.6 is 0 Å². The maximum atomic E-state index is 13.5. The summed E-state index contributed by atoms with van der Waals surface area (Å²) in [6.07, 6.45) is 0. The molecule has 1 rings (SSSR count). The van der Waals surface area contributed by atoms with Crippen LogP contribution in [-0.2, 0) is 10.0 Å². The van der Waals surface area contributed by atoms with E-state index in [1.54, 1.807) is 6.92 Å². The van der Waals surface area contributed by atoms with Gasteiger partial charge < -0.3 is 10.6 Å². The number of hydrogen-bond donors (Lipinski definition) is 2. The molecule has 0 spiro atoms. The van der Waals surface area contributed by atoms with Gasteiger partial charge in [-0.2, -0.15) is 0 Å². The van der Waals surface area contributed by atoms with Crippen molar-refractivity contribution in [3.63, 3.8) is 0 Å². The first kappa shape index (κ1) is 14.9. The lowest BCUT2D eigenvalue weighted by molar-refractivity contribution is 0.370. The van der Waals surface area contributed by atoms with Gasteiger partial charge in [0.1, 0.15) is 10.7 Å². The molecule has 0 saturated heterocycles. The highest BCUT2D eigenvalue weighted by molar-refractivity contribution is 7.89. The largest absolute Gasteiger partial charge is 0.399 e. The number of nitrogen functional groups attached to an aromatic ring is 1. The van der Waals surface area contributed by atoms with Crippen molar-refractivity contribution in [1.29, 1.82) is 0 Å². The van der Waals surface area contributed by atoms with Gasteiger partial charge >= 0.3 is 0 Å². The first-order valence-electron chi connectivity index (χ1n) is 5.44. The molecule has 0 aliphatic carbocycles. The van der Waals surface area contributed by atoms with Crippen LogP contribution < -0.4 is 10.5 Å². The van der Waals surface area contributed by atoms with Gasteiger partial charge in [0.15, 0.2) is 0 Å². The minimum Gasteiger partial charge on any atom is -0.399 e. The average molecular weight is 275 g/mol. The molecule has 102 valence electrons. The van der Waals surface area contributed by atoms with Gasteiger partial charge in [-0.25, -0.2) is 17.5 Å². The molecule has 0 aliphatic rings. The molecule has 1 aromatic carbocycles. The monoisotopic (exact) mass is 275 g/mol. The Kier molecular flexibility index (Phi) is 4.66. The van der Waals surface area contributed by atoms with Crippen LogP contribution in [0, 0.1) is 5.82 Å². The van der Waals surface area contributed by atoms with Gasteiger partial charge in [-0.15, -0.1) is 0 Å². The maximum absolute atomic E-state index is 13.5. The van der Waals surface area contributed by atoms with Crippen LogP contribution in [0.5, 0.6) is 0 Å². The Labute approximate surface area is 107 Å². The van der Waals surface area contributed by atoms with Gasteiger partial charge in [0, 0.05) is 18.3 Å². The number of halogens is 1. The summed E-state index contributed by atoms with van der Waals surface area (Å²) in [5, 5.41) is 0. The minimum absolute atomic E-state index is 0.188. The molecule has 0 aromatic heterocycles. The Bertz CT molecular complexity index is 517. The van der Waals surface area contributed by atoms with E-state index in [9.17, 15) is 12.8 Å². The average Bonchev–Trinajstić information content (AvgIpc) is 2.13. The second-order valence-electron chi connectivity index (χ2n) is 4.47. The van der Waals surface area contributed by atoms with E-state index in [1.165, 1.54) is 6.07 Å². The van der Waals surface area contributed by atoms with Gasteiger partial charge in [0.2, 0.25) is 10.0 Å². The van der Waals surface area contributed by atoms with Crippen LogP contribution in [0.1, 0.15) is 6.92 Å². The quantitative estimate of drug-likeness (QED) is 0.773. The van der Waals surface area contributed by atoms with Gasteiger partial charge in [-0.05, 0) is 39.2 Å². The second-order valence-corrected chi connectivity index (χ2v) is 6.16. The molecular weight excluding hydrogens is 257 g/mol. The molecule has 0 saturated carbocycles. The summed E-state index contributed by atoms with van der Waals surface area (Å²) in [4.78, 5) is 1.45. The first-order chi connectivity index (χ1) is 8.22. The van der Waals surface area contributed by atoms with Gasteiger partial charge in [-0.3, -0.25) is 0 Å². The van der Waals surface area contributed by atoms with Gasteiger partial charge in [-0.1, -0.05) is 0 Å². The van der Waals surface area contributed by atoms with Crippen molar-refractivity contribution in [1.82, 2.24) is 9.62 Å². The van der Waals surface area contributed by atoms with Crippen LogP contribution in [0.25, 0.3) is 0 Å². The van der Waals surface area contributed by atoms with E-state index < -0.39 is 15.8 Å². The fourth-order valence-electron chi connectivity index (χ4n) is 1.65. The summed E-state index contributed by atoms with van der Waals surface area (Å²) in [6, 6.07) is 3.19. The van der Waals surface area contributed by atoms with E-state index in [0.717, 1.165) is 12.1 Å². The summed E-state index contributed by atoms with van der Waals surface area (Å²) in [5.74, 6) is -0.848. The topological polar surface area (TPSA) is 75.4 Å². The zero-order chi connectivity index (χ0) is 13.9. The highest BCUT2D eigenvalue weighted by atomic mass is 32.2. The standard InChI is InChI=1S/C11H18FN3O2S/c1-8(7-15(2)3)14-18(16,17)11-5-4-9(13)6-10(11)12/h4-6,8,14H,7,13H2,1-3H3. The Balaban J connectivity index is 2.93. The molecule has 1 unspecified atom stereocenters. The minimum atomic E-state index is -3.86. The van der Waals surface area contributed by atoms with Crippen LogP contribution in [0.3, 0.4) is 0 Å². The number of nitrogens with two attached hydrogens (primary N) is 1. The SMILES string of the molecule is CC(CN(C)C)NS(=O)(=O)c1ccc(N)cc1F. The molecule has 0 amide bonds. The molecule has 1 aromatic rings. The van der Waals surface area contributed by atoms with Gasteiger partial charge in [0.05, 0.1) is 0 Å². The summed E-state index contributed by atoms with van der Waals surface area (Å²) in [5.41, 5.74) is 5.56. The van der Waals surface area contributed by atoms with Crippen LogP contribution in [0.2, 0.25) is 0 Å². The Morgan fingerprint density at radius 1 is 1.44 bits per heavy atom. The summed E-state index contributed by atoms with van der Waals surface area (Å²) < 4.78 is 39.9. The molecule has 3 N–H and O–H groups in total. The van der Waals surface area contributed by atoms with Crippen molar-refractivity contribution in [2.45, 2.75) is 17.9 Å². The molecule has 18 heavy (non-hydrogen) atoms. The summed E-state index contributed by atoms with van der Waals surface area (Å²) in [6.45, 7) is 2.24. The molecule has 7 heteroatoms. The van der Waals surface area contributed by atoms with Crippen LogP contribution in [0.4, 0.5) is 10.1 Å². The molecule has 0 fully saturated rings. The lowest BCUT2D eigenvalue weighted by Gasteiger charge is -2.18. The predicted octanol–water partition coefficient (Wildman–Crippen LogP) is 0.636. The molecule has 0 heterocycles. The van der Waals surface area contributed by atoms with Crippen molar-refractivity contribution in [2.75, 3.05) is 26.4 Å². The Hall–Kier alpha value is -1.18. The summed E-state index contributed by atoms with van der Waals surface area (Å²) in [7, 11) is -0.204. The fraction of sp³-hybridized carbons (Fsp3) is 0.455. The van der Waals surface area contributed by atoms with Crippen molar-refractivity contribution in [3.05, 3.63) is 24.0 Å². The summed E-state index contributed by atoms with van der Waals surface area (Å²) >= 11 is 0. The number of hydrogen-bond acceptors (Lipinski definition) is 4. The van der Waals surface area contributed by atoms with Crippen LogP contribution in [-0.4, -0.2) is 40.0 Å². The lowest BCUT2D eigenvalue weighted by atomic mass is 10.3. The van der Waals surface area contributed by atoms with E-state index in [2.05, 4.69) is 4.72 Å². The fourth-order valence-corrected chi connectivity index (χ4v) is 2.94. The van der Waals surface area contributed by atoms with E-state index in [-0.39, 0.29) is 16.6 Å². The number of benzene rings is 1. The van der Waals surface area contributed by atoms with Crippen molar-refractivity contribution in [3.8, 4) is 0 Å². The second kappa shape index (κ2) is 5.64. The molecule has 0 bridgehead atoms. The van der Waals surface area contributed by atoms with Crippen molar-refractivity contribution in [2.24, 2.45) is 0 Å². The number of nitrogens with one attached hydrogen (secondary N) is 1. The third-order valence-electron chi connectivity index (χ3n) is 2.24. The highest BCUT2D eigenvalue weighted by Crippen LogP contribution is 2.17. The van der Waals surface area contributed by atoms with Crippen LogP contribution in [0.15, 0.2) is 23.1 Å². The number of sulfonamides is 1. The lowest BCUT2D eigenvalue weighted by Crippen LogP contribution is -2.39. The van der Waals surface area contributed by atoms with E-state index in [1.807, 2.05) is 19.0 Å². The van der Waals surface area contributed by atoms with E-state index in [0.29, 0.717) is 6.54 Å². The molecule has 0 radical (unpaired) electrons. The van der Waals surface area contributed by atoms with Crippen molar-refractivity contribution < 1.29 is 12.8 Å². The molecule has 1 atom stereocenters. The third-order valence-corrected chi connectivity index (χ3v) is 3.86. The van der Waals surface area contributed by atoms with Gasteiger partial charge in [0.25, 0.3) is 0 Å². The normalized spacial score (nSPS) is 13.8. The number of likely N-dealkylation sites (N-methyl/N-ethyl adjacent to an activating group) is 1. The first-order valence-corrected chi connectivity index (χ1v) is 6.93. The molecule has 0 aliphatic heterocycles. The van der Waals surface area contributed by atoms with Crippen molar-refractivity contribution >= 4 is 15.7 Å². The van der Waals surface area contributed by atoms with E-state index in [4.69, 9.17) is 5.73 Å². The Morgan fingerprint density at radius 2 is 2.06 bits per heavy atom. The predicted molar refractivity (Wildman–Crippen MR) is 69.1 cm³/mol. The highest BCUT2D eigenvalue weighted by Gasteiger charge is 2.21. The Morgan fingerprint density at radius 3 is 2.56 bits per heavy atom. The zero-order valence-corrected chi connectivity index (χ0v) is 11.5. The number of anilines is 1. The maximum Gasteiger partial charge on any atom is 0.243 e. The smallest absolute Gasteiger partial charge is 0.243 e. The molecular formula is C11H18FN3O2S. The third kappa shape index (κ3) is 3.94.